The minimum atomic E-state index is 0.0244. The Morgan fingerprint density at radius 1 is 1.25 bits per heavy atom. The highest BCUT2D eigenvalue weighted by atomic mass is 35.5. The Bertz CT molecular complexity index is 312. The van der Waals surface area contributed by atoms with E-state index in [2.05, 4.69) is 19.7 Å². The van der Waals surface area contributed by atoms with Crippen LogP contribution < -0.4 is 0 Å². The van der Waals surface area contributed by atoms with Gasteiger partial charge in [0.1, 0.15) is 12.2 Å². The van der Waals surface area contributed by atoms with Gasteiger partial charge in [0, 0.05) is 0 Å². The highest BCUT2D eigenvalue weighted by Crippen LogP contribution is 2.05. The van der Waals surface area contributed by atoms with Crippen LogP contribution in [0.2, 0.25) is 10.6 Å². The van der Waals surface area contributed by atoms with Crippen molar-refractivity contribution in [2.45, 2.75) is 6.42 Å². The average molecular weight is 204 g/mol. The van der Waals surface area contributed by atoms with Crippen LogP contribution in [0.5, 0.6) is 0 Å². The molecule has 1 aromatic rings. The molecule has 0 aliphatic heterocycles. The van der Waals surface area contributed by atoms with Crippen LogP contribution >= 0.6 is 23.2 Å². The lowest BCUT2D eigenvalue weighted by molar-refractivity contribution is 0.00144. The van der Waals surface area contributed by atoms with E-state index in [1.165, 1.54) is 6.21 Å². The predicted octanol–water partition coefficient (Wildman–Crippen LogP) is 1.02. The first kappa shape index (κ1) is 9.06. The van der Waals surface area contributed by atoms with Gasteiger partial charge in [-0.25, -0.2) is 9.97 Å². The van der Waals surface area contributed by atoms with E-state index in [1.54, 1.807) is 0 Å². The van der Waals surface area contributed by atoms with Crippen molar-refractivity contribution < 1.29 is 4.79 Å². The van der Waals surface area contributed by atoms with E-state index in [0.29, 0.717) is 5.82 Å². The molecule has 0 aliphatic carbocycles. The van der Waals surface area contributed by atoms with Gasteiger partial charge in [-0.3, -0.25) is 0 Å². The topological polar surface area (TPSA) is 75.1 Å². The minimum Gasteiger partial charge on any atom is -0.362 e. The zero-order valence-corrected chi connectivity index (χ0v) is 7.29. The van der Waals surface area contributed by atoms with Crippen LogP contribution in [-0.4, -0.2) is 26.0 Å². The SMILES string of the molecule is [N-]=[N+]=CCc1nc(Cl)nc(Cl)n1. The second-order valence-corrected chi connectivity index (χ2v) is 2.47. The summed E-state index contributed by atoms with van der Waals surface area (Å²) in [5, 5.41) is 0.0488. The fourth-order valence-electron chi connectivity index (χ4n) is 0.578. The molecule has 0 atom stereocenters. The molecule has 0 unspecified atom stereocenters. The first-order chi connectivity index (χ1) is 5.72. The van der Waals surface area contributed by atoms with Crippen LogP contribution in [0.25, 0.3) is 5.53 Å². The first-order valence-corrected chi connectivity index (χ1v) is 3.70. The lowest BCUT2D eigenvalue weighted by atomic mass is 10.4. The van der Waals surface area contributed by atoms with Crippen LogP contribution in [0, 0.1) is 0 Å². The minimum absolute atomic E-state index is 0.0244. The monoisotopic (exact) mass is 203 g/mol. The molecule has 0 aromatic carbocycles. The van der Waals surface area contributed by atoms with E-state index in [0.717, 1.165) is 0 Å². The zero-order chi connectivity index (χ0) is 8.97. The van der Waals surface area contributed by atoms with Gasteiger partial charge in [0.15, 0.2) is 0 Å². The third kappa shape index (κ3) is 2.54. The Balaban J connectivity index is 2.92. The Labute approximate surface area is 78.0 Å². The van der Waals surface area contributed by atoms with Crippen molar-refractivity contribution in [2.75, 3.05) is 0 Å². The number of hydrogen-bond donors (Lipinski definition) is 0. The van der Waals surface area contributed by atoms with Crippen LogP contribution in [0.15, 0.2) is 0 Å². The summed E-state index contributed by atoms with van der Waals surface area (Å²) in [5.41, 5.74) is 8.10. The Hall–Kier alpha value is -1.03. The highest BCUT2D eigenvalue weighted by Gasteiger charge is 2.02. The third-order valence-corrected chi connectivity index (χ3v) is 1.32. The number of nitrogens with zero attached hydrogens (tertiary/aromatic N) is 5. The molecule has 0 N–H and O–H groups in total. The molecule has 5 nitrogen and oxygen atoms in total. The highest BCUT2D eigenvalue weighted by molar-refractivity contribution is 6.31. The summed E-state index contributed by atoms with van der Waals surface area (Å²) in [4.78, 5) is 13.8. The van der Waals surface area contributed by atoms with Gasteiger partial charge in [-0.05, 0) is 23.2 Å². The van der Waals surface area contributed by atoms with E-state index in [4.69, 9.17) is 28.7 Å². The summed E-state index contributed by atoms with van der Waals surface area (Å²) >= 11 is 11.0. The fourth-order valence-corrected chi connectivity index (χ4v) is 0.976. The van der Waals surface area contributed by atoms with Crippen molar-refractivity contribution in [1.29, 1.82) is 0 Å². The first-order valence-electron chi connectivity index (χ1n) is 2.94. The van der Waals surface area contributed by atoms with Gasteiger partial charge in [-0.2, -0.15) is 9.77 Å². The summed E-state index contributed by atoms with van der Waals surface area (Å²) in [6.07, 6.45) is 1.49. The lowest BCUT2D eigenvalue weighted by Gasteiger charge is -1.93. The molecule has 0 radical (unpaired) electrons. The molecule has 0 saturated heterocycles. The summed E-state index contributed by atoms with van der Waals surface area (Å²) in [6.45, 7) is 0. The molecule has 1 aromatic heterocycles. The summed E-state index contributed by atoms with van der Waals surface area (Å²) < 4.78 is 0. The van der Waals surface area contributed by atoms with Crippen LogP contribution in [0.1, 0.15) is 5.82 Å². The van der Waals surface area contributed by atoms with Gasteiger partial charge in [0.25, 0.3) is 6.21 Å². The van der Waals surface area contributed by atoms with Crippen molar-refractivity contribution in [3.63, 3.8) is 0 Å². The van der Waals surface area contributed by atoms with Crippen molar-refractivity contribution in [2.24, 2.45) is 0 Å². The van der Waals surface area contributed by atoms with Crippen LogP contribution in [0.3, 0.4) is 0 Å². The van der Waals surface area contributed by atoms with Crippen LogP contribution in [-0.2, 0) is 6.42 Å². The smallest absolute Gasteiger partial charge is 0.264 e. The second kappa shape index (κ2) is 4.11. The summed E-state index contributed by atoms with van der Waals surface area (Å²) in [7, 11) is 0. The van der Waals surface area contributed by atoms with Gasteiger partial charge in [-0.1, -0.05) is 0 Å². The maximum absolute atomic E-state index is 8.10. The third-order valence-electron chi connectivity index (χ3n) is 0.983. The molecular weight excluding hydrogens is 201 g/mol. The molecule has 12 heavy (non-hydrogen) atoms. The second-order valence-electron chi connectivity index (χ2n) is 1.79. The maximum atomic E-state index is 8.10. The van der Waals surface area contributed by atoms with Gasteiger partial charge >= 0.3 is 0 Å². The predicted molar refractivity (Wildman–Crippen MR) is 43.2 cm³/mol. The van der Waals surface area contributed by atoms with Crippen LogP contribution in [0.4, 0.5) is 0 Å². The van der Waals surface area contributed by atoms with E-state index >= 15 is 0 Å². The maximum Gasteiger partial charge on any atom is 0.264 e. The van der Waals surface area contributed by atoms with Gasteiger partial charge < -0.3 is 5.53 Å². The van der Waals surface area contributed by atoms with Crippen molar-refractivity contribution in [3.8, 4) is 0 Å². The van der Waals surface area contributed by atoms with E-state index < -0.39 is 0 Å². The van der Waals surface area contributed by atoms with Crippen molar-refractivity contribution in [1.82, 2.24) is 15.0 Å². The average Bonchev–Trinajstić information content (AvgIpc) is 1.99. The molecule has 7 heteroatoms. The largest absolute Gasteiger partial charge is 0.362 e. The van der Waals surface area contributed by atoms with Crippen molar-refractivity contribution >= 4 is 29.4 Å². The zero-order valence-electron chi connectivity index (χ0n) is 5.78. The number of halogens is 2. The number of aromatic nitrogens is 3. The standard InChI is InChI=1S/C5H3Cl2N5/c6-4-10-3(1-2-9-8)11-5(7)12-4/h2H,1H2. The van der Waals surface area contributed by atoms with E-state index in [1.807, 2.05) is 0 Å². The molecule has 1 rings (SSSR count). The molecule has 0 spiro atoms. The van der Waals surface area contributed by atoms with Gasteiger partial charge in [0.05, 0.1) is 0 Å². The molecule has 0 bridgehead atoms. The molecular formula is C5H3Cl2N5. The van der Waals surface area contributed by atoms with Gasteiger partial charge in [0.2, 0.25) is 10.6 Å². The Kier molecular flexibility index (Phi) is 3.10. The Morgan fingerprint density at radius 3 is 2.33 bits per heavy atom. The van der Waals surface area contributed by atoms with E-state index in [9.17, 15) is 0 Å². The van der Waals surface area contributed by atoms with Gasteiger partial charge in [-0.15, -0.1) is 0 Å². The van der Waals surface area contributed by atoms with E-state index in [-0.39, 0.29) is 17.0 Å². The molecule has 1 heterocycles. The molecule has 0 aliphatic rings. The number of rotatable bonds is 2. The molecule has 62 valence electrons. The fraction of sp³-hybridized carbons (Fsp3) is 0.200. The summed E-state index contributed by atoms with van der Waals surface area (Å²) in [6, 6.07) is 0. The van der Waals surface area contributed by atoms with Crippen molar-refractivity contribution in [3.05, 3.63) is 21.9 Å². The lowest BCUT2D eigenvalue weighted by Crippen LogP contribution is -1.99. The molecule has 0 fully saturated rings. The molecule has 0 saturated carbocycles. The summed E-state index contributed by atoms with van der Waals surface area (Å²) in [5.74, 6) is 0.359. The number of hydrogen-bond acceptors (Lipinski definition) is 3. The molecule has 0 amide bonds. The normalized spacial score (nSPS) is 9.17. The Morgan fingerprint density at radius 2 is 1.83 bits per heavy atom. The quantitative estimate of drug-likeness (QED) is 0.410.